The number of carbonyl (C=O) groups excluding carboxylic acids is 1. The number of hydrogen-bond donors (Lipinski definition) is 3. The zero-order valence-corrected chi connectivity index (χ0v) is 10.6. The lowest BCUT2D eigenvalue weighted by molar-refractivity contribution is -0.146. The normalized spacial score (nSPS) is 13.2. The van der Waals surface area contributed by atoms with Gasteiger partial charge in [0, 0.05) is 26.1 Å². The molecule has 0 fully saturated rings. The highest BCUT2D eigenvalue weighted by Gasteiger charge is 2.16. The Labute approximate surface area is 106 Å². The number of carboxylic acids is 1. The highest BCUT2D eigenvalue weighted by molar-refractivity contribution is 5.74. The van der Waals surface area contributed by atoms with Crippen LogP contribution < -0.4 is 5.32 Å². The van der Waals surface area contributed by atoms with Gasteiger partial charge in [-0.25, -0.2) is 9.59 Å². The van der Waals surface area contributed by atoms with E-state index in [-0.39, 0.29) is 24.9 Å². The number of rotatable bonds is 7. The summed E-state index contributed by atoms with van der Waals surface area (Å²) in [6.07, 6.45) is -1.52. The van der Waals surface area contributed by atoms with Crippen LogP contribution in [0.5, 0.6) is 0 Å². The zero-order chi connectivity index (χ0) is 14.1. The van der Waals surface area contributed by atoms with Crippen molar-refractivity contribution in [2.45, 2.75) is 26.4 Å². The van der Waals surface area contributed by atoms with Crippen molar-refractivity contribution in [2.75, 3.05) is 19.6 Å². The second-order valence-electron chi connectivity index (χ2n) is 3.94. The van der Waals surface area contributed by atoms with Gasteiger partial charge < -0.3 is 20.4 Å². The third-order valence-corrected chi connectivity index (χ3v) is 2.36. The Morgan fingerprint density at radius 1 is 1.50 bits per heavy atom. The lowest BCUT2D eigenvalue weighted by Crippen LogP contribution is -2.43. The summed E-state index contributed by atoms with van der Waals surface area (Å²) in [4.78, 5) is 23.5. The monoisotopic (exact) mass is 257 g/mol. The first kappa shape index (κ1) is 16.2. The van der Waals surface area contributed by atoms with Gasteiger partial charge in [0.2, 0.25) is 0 Å². The van der Waals surface area contributed by atoms with Crippen molar-refractivity contribution in [3.05, 3.63) is 0 Å². The van der Waals surface area contributed by atoms with Crippen molar-refractivity contribution in [1.82, 2.24) is 10.2 Å². The molecule has 0 radical (unpaired) electrons. The maximum absolute atomic E-state index is 11.7. The lowest BCUT2D eigenvalue weighted by atomic mass is 10.2. The number of urea groups is 1. The van der Waals surface area contributed by atoms with Gasteiger partial charge in [0.1, 0.15) is 0 Å². The van der Waals surface area contributed by atoms with Crippen molar-refractivity contribution in [3.63, 3.8) is 0 Å². The molecule has 0 aliphatic heterocycles. The maximum Gasteiger partial charge on any atom is 0.332 e. The van der Waals surface area contributed by atoms with E-state index in [0.717, 1.165) is 0 Å². The SMILES string of the molecule is CCN(CC(C)C#N)C(=O)NCC[C@H](O)C(=O)O. The lowest BCUT2D eigenvalue weighted by Gasteiger charge is -2.22. The van der Waals surface area contributed by atoms with Crippen molar-refractivity contribution in [1.29, 1.82) is 5.26 Å². The van der Waals surface area contributed by atoms with E-state index in [1.807, 2.05) is 6.07 Å². The molecule has 18 heavy (non-hydrogen) atoms. The van der Waals surface area contributed by atoms with Gasteiger partial charge in [-0.2, -0.15) is 5.26 Å². The van der Waals surface area contributed by atoms with E-state index in [2.05, 4.69) is 5.32 Å². The number of carbonyl (C=O) groups is 2. The highest BCUT2D eigenvalue weighted by Crippen LogP contribution is 1.99. The molecule has 0 aromatic carbocycles. The Hall–Kier alpha value is -1.81. The van der Waals surface area contributed by atoms with Gasteiger partial charge >= 0.3 is 12.0 Å². The van der Waals surface area contributed by atoms with Crippen LogP contribution in [0.25, 0.3) is 0 Å². The number of nitrogens with zero attached hydrogens (tertiary/aromatic N) is 2. The molecule has 7 nitrogen and oxygen atoms in total. The first-order valence-corrected chi connectivity index (χ1v) is 5.75. The molecule has 0 aliphatic carbocycles. The van der Waals surface area contributed by atoms with Crippen molar-refractivity contribution in [2.24, 2.45) is 5.92 Å². The molecule has 0 aromatic rings. The molecule has 0 bridgehead atoms. The van der Waals surface area contributed by atoms with Crippen LogP contribution in [-0.2, 0) is 4.79 Å². The quantitative estimate of drug-likeness (QED) is 0.594. The maximum atomic E-state index is 11.7. The molecule has 102 valence electrons. The van der Waals surface area contributed by atoms with E-state index in [1.54, 1.807) is 13.8 Å². The standard InChI is InChI=1S/C11H19N3O4/c1-3-14(7-8(2)6-12)11(18)13-5-4-9(15)10(16)17/h8-9,15H,3-5,7H2,1-2H3,(H,13,18)(H,16,17)/t8?,9-/m0/s1. The third kappa shape index (κ3) is 6.06. The highest BCUT2D eigenvalue weighted by atomic mass is 16.4. The molecule has 0 aromatic heterocycles. The van der Waals surface area contributed by atoms with Crippen LogP contribution in [0.2, 0.25) is 0 Å². The fourth-order valence-corrected chi connectivity index (χ4v) is 1.28. The second kappa shape index (κ2) is 8.31. The van der Waals surface area contributed by atoms with Crippen molar-refractivity contribution < 1.29 is 19.8 Å². The molecule has 2 amide bonds. The fraction of sp³-hybridized carbons (Fsp3) is 0.727. The Kier molecular flexibility index (Phi) is 7.47. The van der Waals surface area contributed by atoms with Crippen LogP contribution >= 0.6 is 0 Å². The largest absolute Gasteiger partial charge is 0.479 e. The minimum absolute atomic E-state index is 0.0492. The van der Waals surface area contributed by atoms with E-state index in [0.29, 0.717) is 13.1 Å². The van der Waals surface area contributed by atoms with Gasteiger partial charge in [-0.05, 0) is 13.8 Å². The van der Waals surface area contributed by atoms with E-state index in [1.165, 1.54) is 4.90 Å². The van der Waals surface area contributed by atoms with Gasteiger partial charge in [0.05, 0.1) is 12.0 Å². The van der Waals surface area contributed by atoms with Crippen LogP contribution in [0.15, 0.2) is 0 Å². The summed E-state index contributed by atoms with van der Waals surface area (Å²) in [7, 11) is 0. The first-order chi connectivity index (χ1) is 8.42. The first-order valence-electron chi connectivity index (χ1n) is 5.75. The number of aliphatic carboxylic acids is 1. The Morgan fingerprint density at radius 2 is 2.11 bits per heavy atom. The fourth-order valence-electron chi connectivity index (χ4n) is 1.28. The molecule has 0 rings (SSSR count). The summed E-state index contributed by atoms with van der Waals surface area (Å²) in [6.45, 7) is 4.35. The van der Waals surface area contributed by atoms with Gasteiger partial charge in [0.25, 0.3) is 0 Å². The molecule has 3 N–H and O–H groups in total. The number of nitriles is 1. The Balaban J connectivity index is 4.06. The summed E-state index contributed by atoms with van der Waals surface area (Å²) in [5.41, 5.74) is 0. The summed E-state index contributed by atoms with van der Waals surface area (Å²) < 4.78 is 0. The van der Waals surface area contributed by atoms with Crippen LogP contribution in [0.3, 0.4) is 0 Å². The van der Waals surface area contributed by atoms with E-state index in [4.69, 9.17) is 15.5 Å². The molecule has 1 unspecified atom stereocenters. The number of aliphatic hydroxyl groups is 1. The van der Waals surface area contributed by atoms with E-state index in [9.17, 15) is 9.59 Å². The molecular weight excluding hydrogens is 238 g/mol. The molecule has 0 spiro atoms. The summed E-state index contributed by atoms with van der Waals surface area (Å²) in [6, 6.07) is 1.67. The Morgan fingerprint density at radius 3 is 2.56 bits per heavy atom. The number of amides is 2. The second-order valence-corrected chi connectivity index (χ2v) is 3.94. The molecule has 0 heterocycles. The zero-order valence-electron chi connectivity index (χ0n) is 10.6. The Bertz CT molecular complexity index is 327. The smallest absolute Gasteiger partial charge is 0.332 e. The molecule has 0 saturated carbocycles. The number of carboxylic acid groups (broad SMARTS) is 1. The topological polar surface area (TPSA) is 114 Å². The van der Waals surface area contributed by atoms with Crippen molar-refractivity contribution >= 4 is 12.0 Å². The van der Waals surface area contributed by atoms with Gasteiger partial charge in [-0.3, -0.25) is 0 Å². The molecule has 0 aliphatic rings. The van der Waals surface area contributed by atoms with E-state index < -0.39 is 12.1 Å². The minimum Gasteiger partial charge on any atom is -0.479 e. The van der Waals surface area contributed by atoms with Gasteiger partial charge in [-0.15, -0.1) is 0 Å². The summed E-state index contributed by atoms with van der Waals surface area (Å²) >= 11 is 0. The van der Waals surface area contributed by atoms with Crippen LogP contribution in [0.4, 0.5) is 4.79 Å². The average Bonchev–Trinajstić information content (AvgIpc) is 2.34. The van der Waals surface area contributed by atoms with E-state index >= 15 is 0 Å². The number of aliphatic hydroxyl groups excluding tert-OH is 1. The number of hydrogen-bond acceptors (Lipinski definition) is 4. The minimum atomic E-state index is -1.47. The summed E-state index contributed by atoms with van der Waals surface area (Å²) in [5.74, 6) is -1.57. The average molecular weight is 257 g/mol. The molecule has 0 saturated heterocycles. The van der Waals surface area contributed by atoms with Crippen LogP contribution in [0.1, 0.15) is 20.3 Å². The van der Waals surface area contributed by atoms with Crippen LogP contribution in [-0.4, -0.2) is 52.9 Å². The van der Waals surface area contributed by atoms with Gasteiger partial charge in [0.15, 0.2) is 6.10 Å². The molecule has 7 heteroatoms. The molecule has 2 atom stereocenters. The molecular formula is C11H19N3O4. The number of nitrogens with one attached hydrogen (secondary N) is 1. The van der Waals surface area contributed by atoms with Gasteiger partial charge in [-0.1, -0.05) is 0 Å². The predicted molar refractivity (Wildman–Crippen MR) is 63.7 cm³/mol. The summed E-state index contributed by atoms with van der Waals surface area (Å²) in [5, 5.41) is 28.6. The van der Waals surface area contributed by atoms with Crippen molar-refractivity contribution in [3.8, 4) is 6.07 Å². The third-order valence-electron chi connectivity index (χ3n) is 2.36. The van der Waals surface area contributed by atoms with Crippen LogP contribution in [0, 0.1) is 17.2 Å². The predicted octanol–water partition coefficient (Wildman–Crippen LogP) is 0.0132.